The van der Waals surface area contributed by atoms with Gasteiger partial charge in [-0.25, -0.2) is 4.79 Å². The van der Waals surface area contributed by atoms with Crippen molar-refractivity contribution in [1.82, 2.24) is 4.90 Å². The second-order valence-corrected chi connectivity index (χ2v) is 5.26. The predicted molar refractivity (Wildman–Crippen MR) is 83.0 cm³/mol. The zero-order valence-electron chi connectivity index (χ0n) is 12.6. The fraction of sp³-hybridized carbons (Fsp3) is 0.438. The molecule has 1 aliphatic heterocycles. The van der Waals surface area contributed by atoms with Crippen LogP contribution in [0.4, 0.5) is 5.69 Å². The van der Waals surface area contributed by atoms with Crippen LogP contribution in [0.15, 0.2) is 35.9 Å². The number of methoxy groups -OCH3 is 1. The Balaban J connectivity index is 1.93. The predicted octanol–water partition coefficient (Wildman–Crippen LogP) is 1.85. The molecule has 5 nitrogen and oxygen atoms in total. The molecule has 1 aliphatic rings. The van der Waals surface area contributed by atoms with E-state index in [0.717, 1.165) is 43.2 Å². The third-order valence-electron chi connectivity index (χ3n) is 3.64. The van der Waals surface area contributed by atoms with Crippen LogP contribution in [0, 0.1) is 0 Å². The maximum absolute atomic E-state index is 10.6. The first kappa shape index (κ1) is 15.4. The summed E-state index contributed by atoms with van der Waals surface area (Å²) in [5, 5.41) is 8.74. The summed E-state index contributed by atoms with van der Waals surface area (Å²) in [4.78, 5) is 15.2. The van der Waals surface area contributed by atoms with Gasteiger partial charge < -0.3 is 14.7 Å². The van der Waals surface area contributed by atoms with E-state index in [4.69, 9.17) is 9.84 Å². The Kier molecular flexibility index (Phi) is 5.22. The van der Waals surface area contributed by atoms with Crippen LogP contribution in [-0.2, 0) is 4.79 Å². The number of piperazine rings is 1. The van der Waals surface area contributed by atoms with Crippen molar-refractivity contribution in [3.05, 3.63) is 35.9 Å². The summed E-state index contributed by atoms with van der Waals surface area (Å²) < 4.78 is 5.40. The molecule has 0 aromatic heterocycles. The number of anilines is 1. The molecule has 5 heteroatoms. The minimum absolute atomic E-state index is 0.714. The molecule has 1 heterocycles. The Morgan fingerprint density at radius 1 is 1.29 bits per heavy atom. The molecule has 1 aromatic rings. The Bertz CT molecular complexity index is 520. The molecular formula is C16H22N2O3. The van der Waals surface area contributed by atoms with Crippen molar-refractivity contribution in [3.63, 3.8) is 0 Å². The number of rotatable bonds is 5. The van der Waals surface area contributed by atoms with Crippen LogP contribution < -0.4 is 9.64 Å². The van der Waals surface area contributed by atoms with Gasteiger partial charge in [-0.1, -0.05) is 17.7 Å². The zero-order chi connectivity index (χ0) is 15.2. The number of hydrogen-bond donors (Lipinski definition) is 1. The van der Waals surface area contributed by atoms with Crippen LogP contribution in [0.25, 0.3) is 0 Å². The second-order valence-electron chi connectivity index (χ2n) is 5.26. The molecule has 21 heavy (non-hydrogen) atoms. The van der Waals surface area contributed by atoms with Crippen LogP contribution in [0.1, 0.15) is 6.92 Å². The van der Waals surface area contributed by atoms with E-state index < -0.39 is 5.97 Å². The zero-order valence-corrected chi connectivity index (χ0v) is 12.6. The minimum atomic E-state index is -0.875. The summed E-state index contributed by atoms with van der Waals surface area (Å²) in [5.74, 6) is 0.0214. The van der Waals surface area contributed by atoms with Gasteiger partial charge in [-0.05, 0) is 19.1 Å². The average molecular weight is 290 g/mol. The van der Waals surface area contributed by atoms with E-state index in [2.05, 4.69) is 15.9 Å². The minimum Gasteiger partial charge on any atom is -0.495 e. The van der Waals surface area contributed by atoms with Gasteiger partial charge in [-0.15, -0.1) is 0 Å². The maximum Gasteiger partial charge on any atom is 0.328 e. The summed E-state index contributed by atoms with van der Waals surface area (Å²) in [7, 11) is 1.69. The standard InChI is InChI=1S/C16H22N2O3/c1-13(11-16(19)20)12-17-7-9-18(10-8-17)14-5-3-4-6-15(14)21-2/h3-6,11H,7-10,12H2,1-2H3,(H,19,20). The summed E-state index contributed by atoms with van der Waals surface area (Å²) in [6.45, 7) is 6.25. The highest BCUT2D eigenvalue weighted by Crippen LogP contribution is 2.28. The first-order valence-electron chi connectivity index (χ1n) is 7.10. The van der Waals surface area contributed by atoms with E-state index in [-0.39, 0.29) is 0 Å². The number of aliphatic carboxylic acids is 1. The van der Waals surface area contributed by atoms with Gasteiger partial charge in [0.25, 0.3) is 0 Å². The summed E-state index contributed by atoms with van der Waals surface area (Å²) in [6.07, 6.45) is 1.28. The summed E-state index contributed by atoms with van der Waals surface area (Å²) >= 11 is 0. The van der Waals surface area contributed by atoms with Crippen molar-refractivity contribution in [2.75, 3.05) is 44.7 Å². The molecule has 2 rings (SSSR count). The van der Waals surface area contributed by atoms with Crippen molar-refractivity contribution in [2.24, 2.45) is 0 Å². The Morgan fingerprint density at radius 3 is 2.57 bits per heavy atom. The number of hydrogen-bond acceptors (Lipinski definition) is 4. The summed E-state index contributed by atoms with van der Waals surface area (Å²) in [6, 6.07) is 8.04. The van der Waals surface area contributed by atoms with E-state index >= 15 is 0 Å². The van der Waals surface area contributed by atoms with Crippen molar-refractivity contribution >= 4 is 11.7 Å². The quantitative estimate of drug-likeness (QED) is 0.839. The molecule has 0 spiro atoms. The van der Waals surface area contributed by atoms with Crippen molar-refractivity contribution in [1.29, 1.82) is 0 Å². The van der Waals surface area contributed by atoms with E-state index in [0.29, 0.717) is 6.54 Å². The third kappa shape index (κ3) is 4.23. The van der Waals surface area contributed by atoms with E-state index in [1.165, 1.54) is 6.08 Å². The molecule has 0 bridgehead atoms. The third-order valence-corrected chi connectivity index (χ3v) is 3.64. The fourth-order valence-electron chi connectivity index (χ4n) is 2.65. The highest BCUT2D eigenvalue weighted by molar-refractivity contribution is 5.80. The van der Waals surface area contributed by atoms with Crippen LogP contribution in [0.5, 0.6) is 5.75 Å². The number of carboxylic acid groups (broad SMARTS) is 1. The molecule has 1 aromatic carbocycles. The van der Waals surface area contributed by atoms with E-state index in [1.807, 2.05) is 25.1 Å². The van der Waals surface area contributed by atoms with Gasteiger partial charge in [0.2, 0.25) is 0 Å². The van der Waals surface area contributed by atoms with E-state index in [9.17, 15) is 4.79 Å². The fourth-order valence-corrected chi connectivity index (χ4v) is 2.65. The molecule has 1 saturated heterocycles. The highest BCUT2D eigenvalue weighted by atomic mass is 16.5. The van der Waals surface area contributed by atoms with Gasteiger partial charge in [0, 0.05) is 38.8 Å². The van der Waals surface area contributed by atoms with Crippen molar-refractivity contribution in [3.8, 4) is 5.75 Å². The molecule has 0 amide bonds. The number of carboxylic acids is 1. The van der Waals surface area contributed by atoms with Gasteiger partial charge >= 0.3 is 5.97 Å². The van der Waals surface area contributed by atoms with Gasteiger partial charge in [0.1, 0.15) is 5.75 Å². The lowest BCUT2D eigenvalue weighted by Crippen LogP contribution is -2.46. The number of nitrogens with zero attached hydrogens (tertiary/aromatic N) is 2. The first-order valence-corrected chi connectivity index (χ1v) is 7.10. The SMILES string of the molecule is COc1ccccc1N1CCN(CC(C)=CC(=O)O)CC1. The van der Waals surface area contributed by atoms with Crippen molar-refractivity contribution < 1.29 is 14.6 Å². The van der Waals surface area contributed by atoms with Gasteiger partial charge in [0.05, 0.1) is 12.8 Å². The molecule has 1 fully saturated rings. The first-order chi connectivity index (χ1) is 10.1. The number of ether oxygens (including phenoxy) is 1. The molecule has 0 saturated carbocycles. The van der Waals surface area contributed by atoms with Crippen molar-refractivity contribution in [2.45, 2.75) is 6.92 Å². The lowest BCUT2D eigenvalue weighted by Gasteiger charge is -2.36. The number of benzene rings is 1. The molecule has 114 valence electrons. The number of para-hydroxylation sites is 2. The lowest BCUT2D eigenvalue weighted by molar-refractivity contribution is -0.131. The molecule has 1 N–H and O–H groups in total. The number of carbonyl (C=O) groups is 1. The van der Waals surface area contributed by atoms with Gasteiger partial charge in [-0.3, -0.25) is 4.90 Å². The molecule has 0 atom stereocenters. The van der Waals surface area contributed by atoms with Crippen LogP contribution in [0.3, 0.4) is 0 Å². The maximum atomic E-state index is 10.6. The molecule has 0 radical (unpaired) electrons. The molecule has 0 unspecified atom stereocenters. The summed E-state index contributed by atoms with van der Waals surface area (Å²) in [5.41, 5.74) is 2.01. The molecule has 0 aliphatic carbocycles. The topological polar surface area (TPSA) is 53.0 Å². The van der Waals surface area contributed by atoms with Gasteiger partial charge in [0.15, 0.2) is 0 Å². The molecular weight excluding hydrogens is 268 g/mol. The lowest BCUT2D eigenvalue weighted by atomic mass is 10.2. The van der Waals surface area contributed by atoms with Gasteiger partial charge in [-0.2, -0.15) is 0 Å². The average Bonchev–Trinajstić information content (AvgIpc) is 2.47. The Hall–Kier alpha value is -2.01. The highest BCUT2D eigenvalue weighted by Gasteiger charge is 2.19. The second kappa shape index (κ2) is 7.13. The van der Waals surface area contributed by atoms with Crippen LogP contribution in [0.2, 0.25) is 0 Å². The Labute approximate surface area is 125 Å². The van der Waals surface area contributed by atoms with Crippen LogP contribution >= 0.6 is 0 Å². The normalized spacial score (nSPS) is 16.9. The largest absolute Gasteiger partial charge is 0.495 e. The smallest absolute Gasteiger partial charge is 0.328 e. The van der Waals surface area contributed by atoms with Crippen LogP contribution in [-0.4, -0.2) is 55.8 Å². The monoisotopic (exact) mass is 290 g/mol. The Morgan fingerprint density at radius 2 is 1.95 bits per heavy atom. The van der Waals surface area contributed by atoms with E-state index in [1.54, 1.807) is 7.11 Å².